The molecule has 1 atom stereocenters. The summed E-state index contributed by atoms with van der Waals surface area (Å²) in [5.41, 5.74) is 1.55. The van der Waals surface area contributed by atoms with E-state index in [1.807, 2.05) is 30.3 Å². The molecule has 0 fully saturated rings. The first-order valence-corrected chi connectivity index (χ1v) is 7.97. The topological polar surface area (TPSA) is 58.6 Å². The molecule has 2 aromatic rings. The number of rotatable bonds is 4. The number of likely N-dealkylation sites (N-methyl/N-ethyl adjacent to an activating group) is 1. The number of hydrogen-bond acceptors (Lipinski definition) is 3. The van der Waals surface area contributed by atoms with Gasteiger partial charge in [-0.1, -0.05) is 36.4 Å². The zero-order valence-electron chi connectivity index (χ0n) is 13.6. The highest BCUT2D eigenvalue weighted by atomic mass is 16.5. The fourth-order valence-electron chi connectivity index (χ4n) is 2.87. The van der Waals surface area contributed by atoms with Crippen LogP contribution < -0.4 is 10.1 Å². The van der Waals surface area contributed by atoms with Gasteiger partial charge < -0.3 is 15.0 Å². The summed E-state index contributed by atoms with van der Waals surface area (Å²) in [7, 11) is 1.77. The van der Waals surface area contributed by atoms with Crippen LogP contribution in [0.25, 0.3) is 0 Å². The Kier molecular flexibility index (Phi) is 4.79. The maximum absolute atomic E-state index is 12.5. The van der Waals surface area contributed by atoms with Crippen molar-refractivity contribution in [1.29, 1.82) is 0 Å². The number of benzene rings is 2. The van der Waals surface area contributed by atoms with Gasteiger partial charge in [0, 0.05) is 24.6 Å². The van der Waals surface area contributed by atoms with Crippen molar-refractivity contribution in [1.82, 2.24) is 10.2 Å². The number of ether oxygens (including phenoxy) is 1. The minimum absolute atomic E-state index is 0.0241. The van der Waals surface area contributed by atoms with Crippen LogP contribution in [0.3, 0.4) is 0 Å². The van der Waals surface area contributed by atoms with Crippen molar-refractivity contribution >= 4 is 11.8 Å². The quantitative estimate of drug-likeness (QED) is 0.939. The Hall–Kier alpha value is -2.82. The van der Waals surface area contributed by atoms with Crippen molar-refractivity contribution in [3.8, 4) is 5.75 Å². The van der Waals surface area contributed by atoms with Crippen LogP contribution in [0.15, 0.2) is 54.6 Å². The Morgan fingerprint density at radius 3 is 2.62 bits per heavy atom. The molecule has 0 saturated heterocycles. The van der Waals surface area contributed by atoms with Gasteiger partial charge in [0.1, 0.15) is 5.75 Å². The molecule has 0 radical (unpaired) electrons. The van der Waals surface area contributed by atoms with Crippen molar-refractivity contribution < 1.29 is 14.3 Å². The van der Waals surface area contributed by atoms with Crippen LogP contribution in [0.1, 0.15) is 28.4 Å². The van der Waals surface area contributed by atoms with E-state index in [-0.39, 0.29) is 24.4 Å². The third kappa shape index (κ3) is 3.40. The first kappa shape index (κ1) is 16.1. The molecule has 5 nitrogen and oxygen atoms in total. The molecule has 0 aromatic heterocycles. The van der Waals surface area contributed by atoms with Crippen molar-refractivity contribution in [3.05, 3.63) is 65.7 Å². The average Bonchev–Trinajstić information content (AvgIpc) is 2.65. The summed E-state index contributed by atoms with van der Waals surface area (Å²) in [6.07, 6.45) is 0.742. The molecule has 0 spiro atoms. The largest absolute Gasteiger partial charge is 0.493 e. The zero-order chi connectivity index (χ0) is 16.9. The monoisotopic (exact) mass is 324 g/mol. The SMILES string of the molecule is CN(C(=O)CNC(=O)c1ccccc1)C1CCOc2ccccc21. The van der Waals surface area contributed by atoms with Crippen molar-refractivity contribution in [2.75, 3.05) is 20.2 Å². The van der Waals surface area contributed by atoms with Crippen LogP contribution in [0, 0.1) is 0 Å². The molecule has 2 aromatic carbocycles. The molecular formula is C19H20N2O3. The maximum Gasteiger partial charge on any atom is 0.251 e. The molecule has 1 aliphatic rings. The Bertz CT molecular complexity index is 730. The minimum atomic E-state index is -0.246. The number of fused-ring (bicyclic) bond motifs is 1. The summed E-state index contributed by atoms with van der Waals surface area (Å²) in [6, 6.07) is 16.6. The molecule has 3 rings (SSSR count). The third-order valence-electron chi connectivity index (χ3n) is 4.22. The van der Waals surface area contributed by atoms with E-state index in [0.717, 1.165) is 17.7 Å². The molecule has 1 aliphatic heterocycles. The van der Waals surface area contributed by atoms with Crippen molar-refractivity contribution in [2.24, 2.45) is 0 Å². The van der Waals surface area contributed by atoms with Gasteiger partial charge in [-0.3, -0.25) is 9.59 Å². The molecular weight excluding hydrogens is 304 g/mol. The summed E-state index contributed by atoms with van der Waals surface area (Å²) in [4.78, 5) is 26.2. The molecule has 1 N–H and O–H groups in total. The molecule has 1 heterocycles. The van der Waals surface area contributed by atoms with Crippen LogP contribution >= 0.6 is 0 Å². The number of carbonyl (C=O) groups is 2. The number of nitrogens with one attached hydrogen (secondary N) is 1. The fraction of sp³-hybridized carbons (Fsp3) is 0.263. The molecule has 2 amide bonds. The molecule has 5 heteroatoms. The Morgan fingerprint density at radius 2 is 1.83 bits per heavy atom. The number of para-hydroxylation sites is 1. The van der Waals surface area contributed by atoms with Gasteiger partial charge >= 0.3 is 0 Å². The van der Waals surface area contributed by atoms with E-state index in [1.165, 1.54) is 0 Å². The van der Waals surface area contributed by atoms with Crippen LogP contribution in [-0.2, 0) is 4.79 Å². The van der Waals surface area contributed by atoms with E-state index in [1.54, 1.807) is 36.2 Å². The average molecular weight is 324 g/mol. The summed E-state index contributed by atoms with van der Waals surface area (Å²) in [5, 5.41) is 2.68. The van der Waals surface area contributed by atoms with Gasteiger partial charge in [0.15, 0.2) is 0 Å². The lowest BCUT2D eigenvalue weighted by atomic mass is 9.99. The summed E-state index contributed by atoms with van der Waals surface area (Å²) in [6.45, 7) is 0.555. The van der Waals surface area contributed by atoms with E-state index < -0.39 is 0 Å². The predicted molar refractivity (Wildman–Crippen MR) is 90.8 cm³/mol. The van der Waals surface area contributed by atoms with Gasteiger partial charge in [-0.25, -0.2) is 0 Å². The summed E-state index contributed by atoms with van der Waals surface area (Å²) < 4.78 is 5.63. The maximum atomic E-state index is 12.5. The lowest BCUT2D eigenvalue weighted by Crippen LogP contribution is -2.41. The predicted octanol–water partition coefficient (Wildman–Crippen LogP) is 2.40. The minimum Gasteiger partial charge on any atom is -0.493 e. The van der Waals surface area contributed by atoms with Crippen LogP contribution in [0.2, 0.25) is 0 Å². The van der Waals surface area contributed by atoms with Gasteiger partial charge in [0.25, 0.3) is 5.91 Å². The van der Waals surface area contributed by atoms with Gasteiger partial charge in [-0.15, -0.1) is 0 Å². The summed E-state index contributed by atoms with van der Waals surface area (Å²) >= 11 is 0. The lowest BCUT2D eigenvalue weighted by Gasteiger charge is -2.33. The Morgan fingerprint density at radius 1 is 1.12 bits per heavy atom. The number of amides is 2. The molecule has 124 valence electrons. The number of carbonyl (C=O) groups excluding carboxylic acids is 2. The highest BCUT2D eigenvalue weighted by Gasteiger charge is 2.27. The van der Waals surface area contributed by atoms with Gasteiger partial charge in [-0.05, 0) is 18.2 Å². The Balaban J connectivity index is 1.63. The van der Waals surface area contributed by atoms with Crippen LogP contribution in [0.5, 0.6) is 5.75 Å². The van der Waals surface area contributed by atoms with E-state index in [9.17, 15) is 9.59 Å². The number of nitrogens with zero attached hydrogens (tertiary/aromatic N) is 1. The summed E-state index contributed by atoms with van der Waals surface area (Å²) in [5.74, 6) is 0.451. The normalized spacial score (nSPS) is 15.8. The van der Waals surface area contributed by atoms with Gasteiger partial charge in [-0.2, -0.15) is 0 Å². The van der Waals surface area contributed by atoms with E-state index >= 15 is 0 Å². The standard InChI is InChI=1S/C19H20N2O3/c1-21(16-11-12-24-17-10-6-5-9-15(16)17)18(22)13-20-19(23)14-7-3-2-4-8-14/h2-10,16H,11-13H2,1H3,(H,20,23). The lowest BCUT2D eigenvalue weighted by molar-refractivity contribution is -0.131. The second-order valence-corrected chi connectivity index (χ2v) is 5.74. The van der Waals surface area contributed by atoms with Gasteiger partial charge in [0.05, 0.1) is 19.2 Å². The highest BCUT2D eigenvalue weighted by molar-refractivity contribution is 5.96. The third-order valence-corrected chi connectivity index (χ3v) is 4.22. The molecule has 0 aliphatic carbocycles. The van der Waals surface area contributed by atoms with Crippen molar-refractivity contribution in [3.63, 3.8) is 0 Å². The molecule has 0 bridgehead atoms. The van der Waals surface area contributed by atoms with E-state index in [0.29, 0.717) is 12.2 Å². The van der Waals surface area contributed by atoms with Gasteiger partial charge in [0.2, 0.25) is 5.91 Å². The fourth-order valence-corrected chi connectivity index (χ4v) is 2.87. The first-order chi connectivity index (χ1) is 11.7. The highest BCUT2D eigenvalue weighted by Crippen LogP contribution is 2.34. The first-order valence-electron chi connectivity index (χ1n) is 7.97. The molecule has 0 saturated carbocycles. The molecule has 24 heavy (non-hydrogen) atoms. The van der Waals surface area contributed by atoms with E-state index in [2.05, 4.69) is 5.32 Å². The van der Waals surface area contributed by atoms with Crippen molar-refractivity contribution in [2.45, 2.75) is 12.5 Å². The van der Waals surface area contributed by atoms with Crippen LogP contribution in [-0.4, -0.2) is 36.9 Å². The second kappa shape index (κ2) is 7.17. The van der Waals surface area contributed by atoms with Crippen LogP contribution in [0.4, 0.5) is 0 Å². The number of hydrogen-bond donors (Lipinski definition) is 1. The smallest absolute Gasteiger partial charge is 0.251 e. The molecule has 1 unspecified atom stereocenters. The zero-order valence-corrected chi connectivity index (χ0v) is 13.6. The van der Waals surface area contributed by atoms with E-state index in [4.69, 9.17) is 4.74 Å². The Labute approximate surface area is 141 Å². The second-order valence-electron chi connectivity index (χ2n) is 5.74.